The van der Waals surface area contributed by atoms with Crippen LogP contribution in [0.3, 0.4) is 0 Å². The Labute approximate surface area is 109 Å². The molecule has 2 rings (SSSR count). The molecule has 1 aromatic rings. The lowest BCUT2D eigenvalue weighted by Gasteiger charge is -2.22. The molecule has 0 radical (unpaired) electrons. The van der Waals surface area contributed by atoms with Gasteiger partial charge in [-0.05, 0) is 34.7 Å². The molecule has 1 unspecified atom stereocenters. The van der Waals surface area contributed by atoms with Gasteiger partial charge in [0, 0.05) is 13.2 Å². The highest BCUT2D eigenvalue weighted by atomic mass is 79.9. The summed E-state index contributed by atoms with van der Waals surface area (Å²) in [5, 5.41) is 3.21. The summed E-state index contributed by atoms with van der Waals surface area (Å²) in [7, 11) is 1.59. The number of hydrogen-bond acceptors (Lipinski definition) is 5. The Morgan fingerprint density at radius 2 is 2.53 bits per heavy atom. The number of anilines is 1. The van der Waals surface area contributed by atoms with Gasteiger partial charge < -0.3 is 14.8 Å². The van der Waals surface area contributed by atoms with Crippen molar-refractivity contribution in [1.82, 2.24) is 9.97 Å². The Kier molecular flexibility index (Phi) is 4.56. The van der Waals surface area contributed by atoms with Crippen molar-refractivity contribution in [3.63, 3.8) is 0 Å². The van der Waals surface area contributed by atoms with Crippen LogP contribution in [0, 0.1) is 5.92 Å². The summed E-state index contributed by atoms with van der Waals surface area (Å²) in [6.07, 6.45) is 4.02. The first-order valence-corrected chi connectivity index (χ1v) is 6.47. The third kappa shape index (κ3) is 3.54. The molecule has 0 bridgehead atoms. The average Bonchev–Trinajstić information content (AvgIpc) is 2.39. The fraction of sp³-hybridized carbons (Fsp3) is 0.636. The molecule has 5 nitrogen and oxygen atoms in total. The number of rotatable bonds is 4. The molecule has 1 aliphatic rings. The van der Waals surface area contributed by atoms with Crippen LogP contribution in [0.4, 0.5) is 5.95 Å². The largest absolute Gasteiger partial charge is 0.480 e. The topological polar surface area (TPSA) is 56.3 Å². The highest BCUT2D eigenvalue weighted by Crippen LogP contribution is 2.22. The van der Waals surface area contributed by atoms with Crippen LogP contribution < -0.4 is 10.1 Å². The van der Waals surface area contributed by atoms with Gasteiger partial charge in [0.1, 0.15) is 0 Å². The number of methoxy groups -OCH3 is 1. The van der Waals surface area contributed by atoms with Crippen LogP contribution in [0.2, 0.25) is 0 Å². The van der Waals surface area contributed by atoms with Crippen LogP contribution in [0.15, 0.2) is 10.7 Å². The maximum Gasteiger partial charge on any atom is 0.232 e. The van der Waals surface area contributed by atoms with Gasteiger partial charge in [0.25, 0.3) is 0 Å². The summed E-state index contributed by atoms with van der Waals surface area (Å²) in [6, 6.07) is 0. The molecule has 1 saturated heterocycles. The minimum Gasteiger partial charge on any atom is -0.480 e. The van der Waals surface area contributed by atoms with Crippen molar-refractivity contribution in [1.29, 1.82) is 0 Å². The van der Waals surface area contributed by atoms with E-state index in [-0.39, 0.29) is 0 Å². The Bertz CT molecular complexity index is 370. The third-order valence-corrected chi connectivity index (χ3v) is 3.25. The molecule has 17 heavy (non-hydrogen) atoms. The first-order valence-electron chi connectivity index (χ1n) is 5.67. The molecule has 1 N–H and O–H groups in total. The lowest BCUT2D eigenvalue weighted by molar-refractivity contribution is 0.0594. The van der Waals surface area contributed by atoms with Crippen molar-refractivity contribution < 1.29 is 9.47 Å². The molecule has 1 aliphatic heterocycles. The van der Waals surface area contributed by atoms with Gasteiger partial charge in [-0.1, -0.05) is 0 Å². The Morgan fingerprint density at radius 3 is 3.24 bits per heavy atom. The van der Waals surface area contributed by atoms with Gasteiger partial charge in [-0.25, -0.2) is 4.98 Å². The van der Waals surface area contributed by atoms with Crippen molar-refractivity contribution in [2.45, 2.75) is 12.8 Å². The molecule has 0 spiro atoms. The van der Waals surface area contributed by atoms with E-state index < -0.39 is 0 Å². The van der Waals surface area contributed by atoms with Gasteiger partial charge in [-0.15, -0.1) is 0 Å². The minimum absolute atomic E-state index is 0.544. The SMILES string of the molecule is COc1nc(NCC2CCCOC2)ncc1Br. The second-order valence-electron chi connectivity index (χ2n) is 4.01. The summed E-state index contributed by atoms with van der Waals surface area (Å²) >= 11 is 3.32. The zero-order valence-corrected chi connectivity index (χ0v) is 11.4. The molecule has 94 valence electrons. The lowest BCUT2D eigenvalue weighted by Crippen LogP contribution is -2.24. The van der Waals surface area contributed by atoms with E-state index in [0.717, 1.165) is 30.7 Å². The van der Waals surface area contributed by atoms with Crippen LogP contribution in [-0.4, -0.2) is 36.8 Å². The second kappa shape index (κ2) is 6.16. The van der Waals surface area contributed by atoms with E-state index in [0.29, 0.717) is 17.7 Å². The molecule has 6 heteroatoms. The summed E-state index contributed by atoms with van der Waals surface area (Å²) in [5.41, 5.74) is 0. The molecule has 1 fully saturated rings. The minimum atomic E-state index is 0.544. The van der Waals surface area contributed by atoms with Gasteiger partial charge in [0.2, 0.25) is 11.8 Å². The Morgan fingerprint density at radius 1 is 1.65 bits per heavy atom. The zero-order chi connectivity index (χ0) is 12.1. The normalized spacial score (nSPS) is 20.0. The van der Waals surface area contributed by atoms with E-state index >= 15 is 0 Å². The molecule has 0 aromatic carbocycles. The third-order valence-electron chi connectivity index (χ3n) is 2.71. The van der Waals surface area contributed by atoms with E-state index in [2.05, 4.69) is 31.2 Å². The standard InChI is InChI=1S/C11H16BrN3O2/c1-16-10-9(12)6-14-11(15-10)13-5-8-3-2-4-17-7-8/h6,8H,2-5,7H2,1H3,(H,13,14,15). The van der Waals surface area contributed by atoms with E-state index in [9.17, 15) is 0 Å². The van der Waals surface area contributed by atoms with Crippen molar-refractivity contribution in [3.8, 4) is 5.88 Å². The molecule has 0 aliphatic carbocycles. The van der Waals surface area contributed by atoms with Crippen molar-refractivity contribution in [3.05, 3.63) is 10.7 Å². The fourth-order valence-corrected chi connectivity index (χ4v) is 2.14. The van der Waals surface area contributed by atoms with Crippen LogP contribution in [-0.2, 0) is 4.74 Å². The number of nitrogens with one attached hydrogen (secondary N) is 1. The number of ether oxygens (including phenoxy) is 2. The van der Waals surface area contributed by atoms with Gasteiger partial charge in [0.05, 0.1) is 24.4 Å². The smallest absolute Gasteiger partial charge is 0.232 e. The number of nitrogens with zero attached hydrogens (tertiary/aromatic N) is 2. The lowest BCUT2D eigenvalue weighted by atomic mass is 10.0. The van der Waals surface area contributed by atoms with Gasteiger partial charge >= 0.3 is 0 Å². The van der Waals surface area contributed by atoms with E-state index in [1.807, 2.05) is 0 Å². The Balaban J connectivity index is 1.89. The maximum atomic E-state index is 5.42. The molecule has 1 atom stereocenters. The van der Waals surface area contributed by atoms with Crippen molar-refractivity contribution >= 4 is 21.9 Å². The summed E-state index contributed by atoms with van der Waals surface area (Å²) in [6.45, 7) is 2.55. The fourth-order valence-electron chi connectivity index (χ4n) is 1.78. The van der Waals surface area contributed by atoms with Crippen molar-refractivity contribution in [2.75, 3.05) is 32.2 Å². The Hall–Kier alpha value is -0.880. The second-order valence-corrected chi connectivity index (χ2v) is 4.87. The predicted octanol–water partition coefficient (Wildman–Crippen LogP) is 2.09. The monoisotopic (exact) mass is 301 g/mol. The first-order chi connectivity index (χ1) is 8.29. The summed E-state index contributed by atoms with van der Waals surface area (Å²) in [5.74, 6) is 1.68. The quantitative estimate of drug-likeness (QED) is 0.923. The number of aromatic nitrogens is 2. The van der Waals surface area contributed by atoms with Crippen LogP contribution in [0.1, 0.15) is 12.8 Å². The van der Waals surface area contributed by atoms with Gasteiger partial charge in [0.15, 0.2) is 0 Å². The van der Waals surface area contributed by atoms with Gasteiger partial charge in [-0.2, -0.15) is 4.98 Å². The number of hydrogen-bond donors (Lipinski definition) is 1. The van der Waals surface area contributed by atoms with Crippen LogP contribution in [0.25, 0.3) is 0 Å². The van der Waals surface area contributed by atoms with Crippen LogP contribution >= 0.6 is 15.9 Å². The molecular weight excluding hydrogens is 286 g/mol. The summed E-state index contributed by atoms with van der Waals surface area (Å²) in [4.78, 5) is 8.42. The zero-order valence-electron chi connectivity index (χ0n) is 9.78. The van der Waals surface area contributed by atoms with Crippen LogP contribution in [0.5, 0.6) is 5.88 Å². The number of halogens is 1. The molecule has 1 aromatic heterocycles. The summed E-state index contributed by atoms with van der Waals surface area (Å²) < 4.78 is 11.3. The van der Waals surface area contributed by atoms with E-state index in [4.69, 9.17) is 9.47 Å². The highest BCUT2D eigenvalue weighted by Gasteiger charge is 2.14. The molecule has 0 saturated carbocycles. The van der Waals surface area contributed by atoms with E-state index in [1.165, 1.54) is 6.42 Å². The predicted molar refractivity (Wildman–Crippen MR) is 68.3 cm³/mol. The van der Waals surface area contributed by atoms with E-state index in [1.54, 1.807) is 13.3 Å². The van der Waals surface area contributed by atoms with Gasteiger partial charge in [-0.3, -0.25) is 0 Å². The maximum absolute atomic E-state index is 5.42. The molecule has 0 amide bonds. The highest BCUT2D eigenvalue weighted by molar-refractivity contribution is 9.10. The first kappa shape index (κ1) is 12.6. The van der Waals surface area contributed by atoms with Crippen molar-refractivity contribution in [2.24, 2.45) is 5.92 Å². The average molecular weight is 302 g/mol. The molecular formula is C11H16BrN3O2. The molecule has 2 heterocycles.